The van der Waals surface area contributed by atoms with Crippen LogP contribution >= 0.6 is 0 Å². The summed E-state index contributed by atoms with van der Waals surface area (Å²) in [5.41, 5.74) is 0.317. The molecule has 4 nitrogen and oxygen atoms in total. The normalized spacial score (nSPS) is 18.1. The summed E-state index contributed by atoms with van der Waals surface area (Å²) >= 11 is 0. The Morgan fingerprint density at radius 1 is 1.09 bits per heavy atom. The third-order valence-corrected chi connectivity index (χ3v) is 6.42. The molecule has 1 aliphatic carbocycles. The molecule has 0 aliphatic heterocycles. The fourth-order valence-electron chi connectivity index (χ4n) is 4.53. The number of halogens is 3. The second-order valence-corrected chi connectivity index (χ2v) is 9.29. The molecule has 2 aromatic rings. The molecule has 0 aromatic carbocycles. The zero-order valence-electron chi connectivity index (χ0n) is 20.0. The molecular weight excluding hydrogens is 427 g/mol. The molecule has 2 unspecified atom stereocenters. The van der Waals surface area contributed by atoms with Crippen LogP contribution in [0.25, 0.3) is 0 Å². The van der Waals surface area contributed by atoms with E-state index in [9.17, 15) is 4.39 Å². The van der Waals surface area contributed by atoms with Gasteiger partial charge in [-0.25, -0.2) is 23.7 Å². The van der Waals surface area contributed by atoms with Gasteiger partial charge in [0.1, 0.15) is 5.82 Å². The van der Waals surface area contributed by atoms with E-state index in [2.05, 4.69) is 35.7 Å². The minimum atomic E-state index is -3.42. The van der Waals surface area contributed by atoms with Crippen molar-refractivity contribution in [3.63, 3.8) is 0 Å². The first-order valence-electron chi connectivity index (χ1n) is 12.4. The first-order chi connectivity index (χ1) is 15.9. The lowest BCUT2D eigenvalue weighted by Gasteiger charge is -2.32. The van der Waals surface area contributed by atoms with Crippen molar-refractivity contribution in [1.29, 1.82) is 0 Å². The van der Waals surface area contributed by atoms with Crippen molar-refractivity contribution in [2.24, 2.45) is 5.92 Å². The van der Waals surface area contributed by atoms with Crippen molar-refractivity contribution in [3.05, 3.63) is 47.1 Å². The molecule has 0 N–H and O–H groups in total. The van der Waals surface area contributed by atoms with E-state index in [-0.39, 0.29) is 12.2 Å². The first-order valence-corrected chi connectivity index (χ1v) is 12.4. The summed E-state index contributed by atoms with van der Waals surface area (Å²) in [5.74, 6) is -4.95. The third-order valence-electron chi connectivity index (χ3n) is 6.42. The summed E-state index contributed by atoms with van der Waals surface area (Å²) in [4.78, 5) is 12.2. The van der Waals surface area contributed by atoms with Gasteiger partial charge in [0.25, 0.3) is 5.92 Å². The zero-order chi connectivity index (χ0) is 23.8. The second-order valence-electron chi connectivity index (χ2n) is 9.29. The first kappa shape index (κ1) is 25.4. The van der Waals surface area contributed by atoms with Crippen LogP contribution in [0.3, 0.4) is 0 Å². The molecule has 0 saturated carbocycles. The van der Waals surface area contributed by atoms with Gasteiger partial charge in [-0.2, -0.15) is 4.39 Å². The number of pyridine rings is 1. The summed E-state index contributed by atoms with van der Waals surface area (Å²) in [6.07, 6.45) is 11.5. The smallest absolute Gasteiger partial charge is 0.287 e. The maximum Gasteiger partial charge on any atom is 0.287 e. The summed E-state index contributed by atoms with van der Waals surface area (Å²) in [5, 5.41) is 0. The minimum absolute atomic E-state index is 0.0145. The number of aryl methyl sites for hydroxylation is 1. The number of fused-ring (bicyclic) bond motifs is 1. The number of rotatable bonds is 12. The fraction of sp³-hybridized carbons (Fsp3) is 0.654. The lowest BCUT2D eigenvalue weighted by molar-refractivity contribution is -0.0500. The molecule has 1 aliphatic rings. The number of ether oxygens (including phenoxy) is 1. The van der Waals surface area contributed by atoms with E-state index in [4.69, 9.17) is 4.74 Å². The highest BCUT2D eigenvalue weighted by Gasteiger charge is 2.50. The molecule has 0 saturated heterocycles. The van der Waals surface area contributed by atoms with E-state index in [0.29, 0.717) is 42.4 Å². The fourth-order valence-corrected chi connectivity index (χ4v) is 4.53. The maximum absolute atomic E-state index is 15.4. The van der Waals surface area contributed by atoms with Gasteiger partial charge in [-0.15, -0.1) is 0 Å². The SMILES string of the molecule is CCCCCCOc1cnc(C2CCc3cc(CC(C)CCCC)nc(F)c3C2(F)F)nc1. The van der Waals surface area contributed by atoms with Crippen molar-refractivity contribution in [1.82, 2.24) is 15.0 Å². The summed E-state index contributed by atoms with van der Waals surface area (Å²) in [6, 6.07) is 1.67. The van der Waals surface area contributed by atoms with Crippen LogP contribution in [-0.2, 0) is 18.8 Å². The number of unbranched alkanes of at least 4 members (excludes halogenated alkanes) is 4. The van der Waals surface area contributed by atoms with E-state index in [1.807, 2.05) is 0 Å². The van der Waals surface area contributed by atoms with E-state index >= 15 is 8.78 Å². The molecule has 0 amide bonds. The minimum Gasteiger partial charge on any atom is -0.490 e. The van der Waals surface area contributed by atoms with E-state index in [1.165, 1.54) is 12.4 Å². The van der Waals surface area contributed by atoms with Gasteiger partial charge in [0.2, 0.25) is 5.95 Å². The predicted octanol–water partition coefficient (Wildman–Crippen LogP) is 7.16. The number of hydrogen-bond donors (Lipinski definition) is 0. The van der Waals surface area contributed by atoms with Crippen molar-refractivity contribution >= 4 is 0 Å². The van der Waals surface area contributed by atoms with Gasteiger partial charge >= 0.3 is 0 Å². The van der Waals surface area contributed by atoms with Crippen molar-refractivity contribution < 1.29 is 17.9 Å². The highest BCUT2D eigenvalue weighted by atomic mass is 19.3. The van der Waals surface area contributed by atoms with E-state index in [0.717, 1.165) is 44.9 Å². The van der Waals surface area contributed by atoms with Crippen LogP contribution in [0.15, 0.2) is 18.5 Å². The standard InChI is InChI=1S/C26H36F3N3O/c1-4-6-8-9-13-33-21-16-30-25(31-17-21)22-12-11-19-15-20(14-18(3)10-7-5-2)32-24(27)23(19)26(22,28)29/h15-18,22H,4-14H2,1-3H3. The molecular formula is C26H36F3N3O. The van der Waals surface area contributed by atoms with Gasteiger partial charge in [-0.05, 0) is 43.2 Å². The zero-order valence-corrected chi connectivity index (χ0v) is 20.0. The largest absolute Gasteiger partial charge is 0.490 e. The Morgan fingerprint density at radius 2 is 1.82 bits per heavy atom. The highest BCUT2D eigenvalue weighted by Crippen LogP contribution is 2.49. The number of aromatic nitrogens is 3. The number of hydrogen-bond acceptors (Lipinski definition) is 4. The van der Waals surface area contributed by atoms with Crippen LogP contribution in [0, 0.1) is 11.9 Å². The Morgan fingerprint density at radius 3 is 2.52 bits per heavy atom. The molecule has 0 fully saturated rings. The topological polar surface area (TPSA) is 47.9 Å². The maximum atomic E-state index is 15.4. The number of nitrogens with zero attached hydrogens (tertiary/aromatic N) is 3. The summed E-state index contributed by atoms with van der Waals surface area (Å²) in [6.45, 7) is 6.91. The molecule has 2 atom stereocenters. The van der Waals surface area contributed by atoms with Crippen LogP contribution in [0.4, 0.5) is 13.2 Å². The summed E-state index contributed by atoms with van der Waals surface area (Å²) in [7, 11) is 0. The molecule has 2 heterocycles. The molecule has 0 bridgehead atoms. The van der Waals surface area contributed by atoms with Crippen molar-refractivity contribution in [2.75, 3.05) is 6.61 Å². The Kier molecular flexibility index (Phi) is 9.10. The Bertz CT molecular complexity index is 889. The molecule has 182 valence electrons. The van der Waals surface area contributed by atoms with E-state index < -0.39 is 23.4 Å². The predicted molar refractivity (Wildman–Crippen MR) is 123 cm³/mol. The lowest BCUT2D eigenvalue weighted by Crippen LogP contribution is -2.33. The Balaban J connectivity index is 1.70. The van der Waals surface area contributed by atoms with Gasteiger partial charge in [0, 0.05) is 5.69 Å². The van der Waals surface area contributed by atoms with Gasteiger partial charge < -0.3 is 4.74 Å². The van der Waals surface area contributed by atoms with Gasteiger partial charge in [-0.1, -0.05) is 59.3 Å². The van der Waals surface area contributed by atoms with E-state index in [1.54, 1.807) is 6.07 Å². The third kappa shape index (κ3) is 6.45. The van der Waals surface area contributed by atoms with Crippen molar-refractivity contribution in [3.8, 4) is 5.75 Å². The Hall–Kier alpha value is -2.18. The monoisotopic (exact) mass is 463 g/mol. The van der Waals surface area contributed by atoms with Crippen LogP contribution < -0.4 is 4.74 Å². The molecule has 0 spiro atoms. The van der Waals surface area contributed by atoms with Crippen LogP contribution in [0.1, 0.15) is 101 Å². The molecule has 3 rings (SSSR count). The number of alkyl halides is 2. The second kappa shape index (κ2) is 11.8. The average molecular weight is 464 g/mol. The molecule has 7 heteroatoms. The average Bonchev–Trinajstić information content (AvgIpc) is 2.77. The summed E-state index contributed by atoms with van der Waals surface area (Å²) < 4.78 is 51.3. The molecule has 0 radical (unpaired) electrons. The van der Waals surface area contributed by atoms with Crippen LogP contribution in [0.2, 0.25) is 0 Å². The van der Waals surface area contributed by atoms with Crippen molar-refractivity contribution in [2.45, 2.75) is 96.8 Å². The molecule has 2 aromatic heterocycles. The van der Waals surface area contributed by atoms with Crippen LogP contribution in [-0.4, -0.2) is 21.6 Å². The van der Waals surface area contributed by atoms with Gasteiger partial charge in [0.05, 0.1) is 30.5 Å². The van der Waals surface area contributed by atoms with Gasteiger partial charge in [-0.3, -0.25) is 0 Å². The van der Waals surface area contributed by atoms with Crippen LogP contribution in [0.5, 0.6) is 5.75 Å². The quantitative estimate of drug-likeness (QED) is 0.247. The highest BCUT2D eigenvalue weighted by molar-refractivity contribution is 5.37. The lowest BCUT2D eigenvalue weighted by atomic mass is 9.80. The Labute approximate surface area is 195 Å². The molecule has 33 heavy (non-hydrogen) atoms. The van der Waals surface area contributed by atoms with Gasteiger partial charge in [0.15, 0.2) is 5.75 Å².